The lowest BCUT2D eigenvalue weighted by molar-refractivity contribution is -0.141. The van der Waals surface area contributed by atoms with Crippen LogP contribution in [0.4, 0.5) is 0 Å². The summed E-state index contributed by atoms with van der Waals surface area (Å²) in [6.07, 6.45) is 0.596. The van der Waals surface area contributed by atoms with Crippen LogP contribution >= 0.6 is 11.6 Å². The molecule has 0 aliphatic heterocycles. The Balaban J connectivity index is 1.97. The standard InChI is InChI=1S/C28H31ClN2O2/c1-28(2,3)30-27(33)25(18-21-11-6-4-7-12-21)31(20-22-13-8-5-9-14-22)26(32)19-23-15-10-16-24(29)17-23/h4-17,25H,18-20H2,1-3H3,(H,30,33)/t25-/m1/s1. The Bertz CT molecular complexity index is 1060. The van der Waals surface area contributed by atoms with Gasteiger partial charge in [-0.2, -0.15) is 0 Å². The Labute approximate surface area is 201 Å². The van der Waals surface area contributed by atoms with Gasteiger partial charge in [0.05, 0.1) is 6.42 Å². The van der Waals surface area contributed by atoms with Crippen LogP contribution in [0.15, 0.2) is 84.9 Å². The largest absolute Gasteiger partial charge is 0.350 e. The minimum absolute atomic E-state index is 0.119. The average Bonchev–Trinajstić information content (AvgIpc) is 2.76. The summed E-state index contributed by atoms with van der Waals surface area (Å²) in [5.74, 6) is -0.284. The maximum absolute atomic E-state index is 13.6. The molecule has 3 rings (SSSR count). The molecule has 4 nitrogen and oxygen atoms in total. The number of amides is 2. The van der Waals surface area contributed by atoms with Crippen molar-refractivity contribution in [2.45, 2.75) is 51.7 Å². The first-order chi connectivity index (χ1) is 15.7. The first-order valence-electron chi connectivity index (χ1n) is 11.1. The van der Waals surface area contributed by atoms with Crippen LogP contribution in [-0.2, 0) is 29.0 Å². The van der Waals surface area contributed by atoms with Crippen molar-refractivity contribution in [2.24, 2.45) is 0 Å². The molecule has 0 aliphatic carbocycles. The molecule has 3 aromatic carbocycles. The molecule has 0 spiro atoms. The van der Waals surface area contributed by atoms with E-state index in [9.17, 15) is 9.59 Å². The van der Waals surface area contributed by atoms with Crippen molar-refractivity contribution >= 4 is 23.4 Å². The first-order valence-corrected chi connectivity index (χ1v) is 11.5. The van der Waals surface area contributed by atoms with Crippen molar-refractivity contribution in [2.75, 3.05) is 0 Å². The fourth-order valence-corrected chi connectivity index (χ4v) is 3.92. The van der Waals surface area contributed by atoms with Crippen LogP contribution < -0.4 is 5.32 Å². The van der Waals surface area contributed by atoms with Crippen LogP contribution in [0.2, 0.25) is 5.02 Å². The predicted molar refractivity (Wildman–Crippen MR) is 134 cm³/mol. The number of hydrogen-bond donors (Lipinski definition) is 1. The van der Waals surface area contributed by atoms with Crippen LogP contribution in [0.3, 0.4) is 0 Å². The Morgan fingerprint density at radius 1 is 0.848 bits per heavy atom. The summed E-state index contributed by atoms with van der Waals surface area (Å²) in [5.41, 5.74) is 2.37. The van der Waals surface area contributed by atoms with Crippen molar-refractivity contribution < 1.29 is 9.59 Å². The minimum Gasteiger partial charge on any atom is -0.350 e. The molecule has 0 heterocycles. The highest BCUT2D eigenvalue weighted by Gasteiger charge is 2.32. The summed E-state index contributed by atoms with van der Waals surface area (Å²) >= 11 is 6.14. The molecule has 0 unspecified atom stereocenters. The number of benzene rings is 3. The molecular weight excluding hydrogens is 432 g/mol. The van der Waals surface area contributed by atoms with Gasteiger partial charge in [0.25, 0.3) is 0 Å². The molecule has 0 bridgehead atoms. The molecule has 0 radical (unpaired) electrons. The fourth-order valence-electron chi connectivity index (χ4n) is 3.71. The lowest BCUT2D eigenvalue weighted by Crippen LogP contribution is -2.54. The van der Waals surface area contributed by atoms with E-state index in [0.29, 0.717) is 18.0 Å². The van der Waals surface area contributed by atoms with Gasteiger partial charge in [-0.3, -0.25) is 9.59 Å². The van der Waals surface area contributed by atoms with Gasteiger partial charge in [-0.05, 0) is 49.6 Å². The van der Waals surface area contributed by atoms with Crippen LogP contribution in [-0.4, -0.2) is 28.3 Å². The van der Waals surface area contributed by atoms with Crippen molar-refractivity contribution in [1.29, 1.82) is 0 Å². The zero-order valence-electron chi connectivity index (χ0n) is 19.4. The molecule has 0 fully saturated rings. The third kappa shape index (κ3) is 7.76. The van der Waals surface area contributed by atoms with Gasteiger partial charge in [0.1, 0.15) is 6.04 Å². The maximum Gasteiger partial charge on any atom is 0.243 e. The van der Waals surface area contributed by atoms with E-state index in [2.05, 4.69) is 5.32 Å². The van der Waals surface area contributed by atoms with E-state index in [1.54, 1.807) is 17.0 Å². The van der Waals surface area contributed by atoms with Gasteiger partial charge in [0, 0.05) is 23.5 Å². The molecule has 5 heteroatoms. The van der Waals surface area contributed by atoms with Crippen molar-refractivity contribution in [3.05, 3.63) is 107 Å². The topological polar surface area (TPSA) is 49.4 Å². The highest BCUT2D eigenvalue weighted by molar-refractivity contribution is 6.30. The second kappa shape index (κ2) is 11.2. The summed E-state index contributed by atoms with van der Waals surface area (Å²) in [4.78, 5) is 28.8. The number of nitrogens with zero attached hydrogens (tertiary/aromatic N) is 1. The Morgan fingerprint density at radius 3 is 2.00 bits per heavy atom. The second-order valence-corrected chi connectivity index (χ2v) is 9.70. The smallest absolute Gasteiger partial charge is 0.243 e. The van der Waals surface area contributed by atoms with E-state index in [1.807, 2.05) is 93.6 Å². The van der Waals surface area contributed by atoms with E-state index in [0.717, 1.165) is 16.7 Å². The summed E-state index contributed by atoms with van der Waals surface area (Å²) < 4.78 is 0. The monoisotopic (exact) mass is 462 g/mol. The quantitative estimate of drug-likeness (QED) is 0.484. The highest BCUT2D eigenvalue weighted by atomic mass is 35.5. The first kappa shape index (κ1) is 24.5. The fraction of sp³-hybridized carbons (Fsp3) is 0.286. The van der Waals surface area contributed by atoms with Crippen LogP contribution in [0.1, 0.15) is 37.5 Å². The van der Waals surface area contributed by atoms with Gasteiger partial charge in [0.2, 0.25) is 11.8 Å². The summed E-state index contributed by atoms with van der Waals surface area (Å²) in [6.45, 7) is 6.18. The molecule has 172 valence electrons. The lowest BCUT2D eigenvalue weighted by Gasteiger charge is -2.34. The van der Waals surface area contributed by atoms with Crippen molar-refractivity contribution in [1.82, 2.24) is 10.2 Å². The molecule has 3 aromatic rings. The Morgan fingerprint density at radius 2 is 1.42 bits per heavy atom. The maximum atomic E-state index is 13.6. The van der Waals surface area contributed by atoms with Gasteiger partial charge in [-0.15, -0.1) is 0 Å². The van der Waals surface area contributed by atoms with Crippen molar-refractivity contribution in [3.8, 4) is 0 Å². The Kier molecular flexibility index (Phi) is 8.29. The Hall–Kier alpha value is -3.11. The minimum atomic E-state index is -0.654. The number of halogens is 1. The lowest BCUT2D eigenvalue weighted by atomic mass is 10.00. The molecule has 0 aromatic heterocycles. The van der Waals surface area contributed by atoms with E-state index in [1.165, 1.54) is 0 Å². The van der Waals surface area contributed by atoms with Gasteiger partial charge in [-0.1, -0.05) is 84.4 Å². The molecule has 33 heavy (non-hydrogen) atoms. The second-order valence-electron chi connectivity index (χ2n) is 9.26. The van der Waals surface area contributed by atoms with Crippen molar-refractivity contribution in [3.63, 3.8) is 0 Å². The number of nitrogens with one attached hydrogen (secondary N) is 1. The molecule has 1 N–H and O–H groups in total. The van der Waals surface area contributed by atoms with Crippen LogP contribution in [0.5, 0.6) is 0 Å². The molecule has 0 saturated carbocycles. The molecule has 1 atom stereocenters. The molecular formula is C28H31ClN2O2. The zero-order chi connectivity index (χ0) is 23.8. The van der Waals surface area contributed by atoms with Crippen LogP contribution in [0, 0.1) is 0 Å². The molecule has 2 amide bonds. The van der Waals surface area contributed by atoms with E-state index >= 15 is 0 Å². The summed E-state index contributed by atoms with van der Waals surface area (Å²) in [6, 6.07) is 26.2. The average molecular weight is 463 g/mol. The van der Waals surface area contributed by atoms with Gasteiger partial charge >= 0.3 is 0 Å². The number of carbonyl (C=O) groups excluding carboxylic acids is 2. The van der Waals surface area contributed by atoms with E-state index in [-0.39, 0.29) is 18.2 Å². The van der Waals surface area contributed by atoms with E-state index < -0.39 is 11.6 Å². The van der Waals surface area contributed by atoms with Gasteiger partial charge in [-0.25, -0.2) is 0 Å². The third-order valence-electron chi connectivity index (χ3n) is 5.21. The molecule has 0 saturated heterocycles. The normalized spacial score (nSPS) is 12.1. The molecule has 0 aliphatic rings. The number of carbonyl (C=O) groups is 2. The highest BCUT2D eigenvalue weighted by Crippen LogP contribution is 2.18. The van der Waals surface area contributed by atoms with Gasteiger partial charge in [0.15, 0.2) is 0 Å². The predicted octanol–water partition coefficient (Wildman–Crippen LogP) is 5.44. The van der Waals surface area contributed by atoms with Crippen LogP contribution in [0.25, 0.3) is 0 Å². The summed E-state index contributed by atoms with van der Waals surface area (Å²) in [7, 11) is 0. The van der Waals surface area contributed by atoms with Gasteiger partial charge < -0.3 is 10.2 Å². The number of rotatable bonds is 8. The SMILES string of the molecule is CC(C)(C)NC(=O)[C@@H](Cc1ccccc1)N(Cc1ccccc1)C(=O)Cc1cccc(Cl)c1. The van der Waals surface area contributed by atoms with E-state index in [4.69, 9.17) is 11.6 Å². The number of hydrogen-bond acceptors (Lipinski definition) is 2. The summed E-state index contributed by atoms with van der Waals surface area (Å²) in [5, 5.41) is 3.66. The third-order valence-corrected chi connectivity index (χ3v) is 5.44. The zero-order valence-corrected chi connectivity index (χ0v) is 20.2.